The summed E-state index contributed by atoms with van der Waals surface area (Å²) in [6.45, 7) is 1.89. The van der Waals surface area contributed by atoms with E-state index in [-0.39, 0.29) is 23.0 Å². The number of halogens is 1. The van der Waals surface area contributed by atoms with E-state index in [1.54, 1.807) is 18.9 Å². The van der Waals surface area contributed by atoms with Gasteiger partial charge in [-0.05, 0) is 31.0 Å². The maximum Gasteiger partial charge on any atom is 0.256 e. The van der Waals surface area contributed by atoms with Gasteiger partial charge in [-0.25, -0.2) is 17.5 Å². The van der Waals surface area contributed by atoms with Crippen LogP contribution in [-0.2, 0) is 10.0 Å². The van der Waals surface area contributed by atoms with Gasteiger partial charge < -0.3 is 4.90 Å². The Kier molecular flexibility index (Phi) is 6.95. The molecular formula is C18H27FN2O3S. The van der Waals surface area contributed by atoms with Gasteiger partial charge in [0.15, 0.2) is 0 Å². The highest BCUT2D eigenvalue weighted by atomic mass is 32.2. The van der Waals surface area contributed by atoms with Crippen molar-refractivity contribution in [2.24, 2.45) is 0 Å². The van der Waals surface area contributed by atoms with Gasteiger partial charge in [-0.3, -0.25) is 4.79 Å². The summed E-state index contributed by atoms with van der Waals surface area (Å²) in [5.74, 6) is -1.16. The first kappa shape index (κ1) is 19.8. The third-order valence-electron chi connectivity index (χ3n) is 4.76. The normalized spacial score (nSPS) is 16.9. The molecule has 1 aliphatic carbocycles. The highest BCUT2D eigenvalue weighted by molar-refractivity contribution is 7.89. The fourth-order valence-corrected chi connectivity index (χ4v) is 4.35. The minimum absolute atomic E-state index is 0.0706. The molecule has 1 aliphatic rings. The van der Waals surface area contributed by atoms with Crippen molar-refractivity contribution in [3.05, 3.63) is 29.6 Å². The second kappa shape index (κ2) is 8.76. The quantitative estimate of drug-likeness (QED) is 0.865. The number of carbonyl (C=O) groups excluding carboxylic acids is 1. The average Bonchev–Trinajstić information content (AvgIpc) is 2.53. The highest BCUT2D eigenvalue weighted by Crippen LogP contribution is 2.23. The average molecular weight is 370 g/mol. The van der Waals surface area contributed by atoms with Crippen LogP contribution in [0.5, 0.6) is 0 Å². The van der Waals surface area contributed by atoms with Gasteiger partial charge in [0.1, 0.15) is 5.82 Å². The SMILES string of the molecule is CCNS(=O)(=O)c1ccc(F)c(C(=O)N(C)C2CCCCCCC2)c1. The number of rotatable bonds is 5. The van der Waals surface area contributed by atoms with Crippen LogP contribution in [0.4, 0.5) is 4.39 Å². The molecule has 1 amide bonds. The van der Waals surface area contributed by atoms with E-state index >= 15 is 0 Å². The number of amides is 1. The Bertz CT molecular complexity index is 698. The van der Waals surface area contributed by atoms with E-state index in [4.69, 9.17) is 0 Å². The van der Waals surface area contributed by atoms with Gasteiger partial charge in [-0.1, -0.05) is 39.0 Å². The van der Waals surface area contributed by atoms with Gasteiger partial charge in [0.2, 0.25) is 10.0 Å². The number of nitrogens with zero attached hydrogens (tertiary/aromatic N) is 1. The van der Waals surface area contributed by atoms with Crippen molar-refractivity contribution in [1.82, 2.24) is 9.62 Å². The second-order valence-corrected chi connectivity index (χ2v) is 8.32. The lowest BCUT2D eigenvalue weighted by Crippen LogP contribution is -2.38. The van der Waals surface area contributed by atoms with Gasteiger partial charge in [-0.2, -0.15) is 0 Å². The summed E-state index contributed by atoms with van der Waals surface area (Å²) in [5.41, 5.74) is -0.191. The summed E-state index contributed by atoms with van der Waals surface area (Å²) < 4.78 is 40.8. The van der Waals surface area contributed by atoms with Gasteiger partial charge in [-0.15, -0.1) is 0 Å². The third kappa shape index (κ3) is 5.01. The van der Waals surface area contributed by atoms with E-state index in [1.807, 2.05) is 0 Å². The van der Waals surface area contributed by atoms with Crippen molar-refractivity contribution in [3.63, 3.8) is 0 Å². The van der Waals surface area contributed by atoms with Crippen LogP contribution < -0.4 is 4.72 Å². The molecule has 0 bridgehead atoms. The molecule has 140 valence electrons. The molecule has 0 aromatic heterocycles. The standard InChI is InChI=1S/C18H27FN2O3S/c1-3-20-25(23,24)15-11-12-17(19)16(13-15)18(22)21(2)14-9-7-5-4-6-8-10-14/h11-14,20H,3-10H2,1-2H3. The third-order valence-corrected chi connectivity index (χ3v) is 6.30. The van der Waals surface area contributed by atoms with Crippen molar-refractivity contribution in [1.29, 1.82) is 0 Å². The molecule has 1 N–H and O–H groups in total. The van der Waals surface area contributed by atoms with Crippen LogP contribution >= 0.6 is 0 Å². The molecule has 1 aromatic carbocycles. The summed E-state index contributed by atoms with van der Waals surface area (Å²) in [5, 5.41) is 0. The van der Waals surface area contributed by atoms with Crippen LogP contribution in [0.2, 0.25) is 0 Å². The van der Waals surface area contributed by atoms with Crippen LogP contribution in [-0.4, -0.2) is 38.9 Å². The lowest BCUT2D eigenvalue weighted by atomic mass is 9.95. The van der Waals surface area contributed by atoms with Crippen LogP contribution in [0, 0.1) is 5.82 Å². The molecule has 0 radical (unpaired) electrons. The number of hydrogen-bond acceptors (Lipinski definition) is 3. The fourth-order valence-electron chi connectivity index (χ4n) is 3.29. The maximum atomic E-state index is 14.2. The predicted octanol–water partition coefficient (Wildman–Crippen LogP) is 3.31. The van der Waals surface area contributed by atoms with Gasteiger partial charge in [0, 0.05) is 19.6 Å². The molecule has 2 rings (SSSR count). The Labute approximate surface area is 149 Å². The highest BCUT2D eigenvalue weighted by Gasteiger charge is 2.25. The molecule has 5 nitrogen and oxygen atoms in total. The van der Waals surface area contributed by atoms with Crippen molar-refractivity contribution in [2.45, 2.75) is 62.8 Å². The van der Waals surface area contributed by atoms with Crippen LogP contribution in [0.15, 0.2) is 23.1 Å². The van der Waals surface area contributed by atoms with Crippen molar-refractivity contribution >= 4 is 15.9 Å². The van der Waals surface area contributed by atoms with Crippen molar-refractivity contribution in [2.75, 3.05) is 13.6 Å². The first-order chi connectivity index (χ1) is 11.9. The maximum absolute atomic E-state index is 14.2. The summed E-state index contributed by atoms with van der Waals surface area (Å²) >= 11 is 0. The Morgan fingerprint density at radius 2 is 1.80 bits per heavy atom. The zero-order chi connectivity index (χ0) is 18.4. The number of hydrogen-bond donors (Lipinski definition) is 1. The Morgan fingerprint density at radius 3 is 2.40 bits per heavy atom. The van der Waals surface area contributed by atoms with E-state index in [0.29, 0.717) is 0 Å². The molecule has 0 spiro atoms. The second-order valence-electron chi connectivity index (χ2n) is 6.56. The molecule has 0 saturated heterocycles. The summed E-state index contributed by atoms with van der Waals surface area (Å²) in [6, 6.07) is 3.43. The molecule has 0 atom stereocenters. The summed E-state index contributed by atoms with van der Waals surface area (Å²) in [7, 11) is -2.05. The Hall–Kier alpha value is -1.47. The lowest BCUT2D eigenvalue weighted by Gasteiger charge is -2.30. The van der Waals surface area contributed by atoms with E-state index in [1.165, 1.54) is 12.5 Å². The van der Waals surface area contributed by atoms with Gasteiger partial charge in [0.05, 0.1) is 10.5 Å². The Morgan fingerprint density at radius 1 is 1.20 bits per heavy atom. The van der Waals surface area contributed by atoms with Crippen molar-refractivity contribution < 1.29 is 17.6 Å². The van der Waals surface area contributed by atoms with Crippen molar-refractivity contribution in [3.8, 4) is 0 Å². The minimum atomic E-state index is -3.73. The van der Waals surface area contributed by atoms with Crippen LogP contribution in [0.3, 0.4) is 0 Å². The van der Waals surface area contributed by atoms with E-state index in [0.717, 1.165) is 50.7 Å². The first-order valence-electron chi connectivity index (χ1n) is 8.93. The minimum Gasteiger partial charge on any atom is -0.339 e. The van der Waals surface area contributed by atoms with E-state index in [9.17, 15) is 17.6 Å². The van der Waals surface area contributed by atoms with Crippen LogP contribution in [0.25, 0.3) is 0 Å². The number of nitrogens with one attached hydrogen (secondary N) is 1. The monoisotopic (exact) mass is 370 g/mol. The largest absolute Gasteiger partial charge is 0.339 e. The number of benzene rings is 1. The number of sulfonamides is 1. The summed E-state index contributed by atoms with van der Waals surface area (Å²) in [6.07, 6.45) is 7.45. The molecular weight excluding hydrogens is 343 g/mol. The van der Waals surface area contributed by atoms with E-state index in [2.05, 4.69) is 4.72 Å². The lowest BCUT2D eigenvalue weighted by molar-refractivity contribution is 0.0701. The predicted molar refractivity (Wildman–Crippen MR) is 95.5 cm³/mol. The fraction of sp³-hybridized carbons (Fsp3) is 0.611. The molecule has 0 aliphatic heterocycles. The zero-order valence-corrected chi connectivity index (χ0v) is 15.7. The molecule has 7 heteroatoms. The van der Waals surface area contributed by atoms with E-state index < -0.39 is 21.7 Å². The first-order valence-corrected chi connectivity index (χ1v) is 10.4. The van der Waals surface area contributed by atoms with Gasteiger partial charge in [0.25, 0.3) is 5.91 Å². The molecule has 25 heavy (non-hydrogen) atoms. The number of carbonyl (C=O) groups is 1. The molecule has 1 fully saturated rings. The van der Waals surface area contributed by atoms with Crippen LogP contribution in [0.1, 0.15) is 62.2 Å². The topological polar surface area (TPSA) is 66.5 Å². The smallest absolute Gasteiger partial charge is 0.256 e. The molecule has 1 aromatic rings. The molecule has 0 unspecified atom stereocenters. The molecule has 1 saturated carbocycles. The zero-order valence-electron chi connectivity index (χ0n) is 14.9. The molecule has 0 heterocycles. The van der Waals surface area contributed by atoms with Gasteiger partial charge >= 0.3 is 0 Å². The Balaban J connectivity index is 2.25. The summed E-state index contributed by atoms with van der Waals surface area (Å²) in [4.78, 5) is 14.3.